The maximum atomic E-state index is 12.6. The molecular weight excluding hydrogens is 195 g/mol. The van der Waals surface area contributed by atoms with Crippen LogP contribution in [0.15, 0.2) is 18.3 Å². The maximum absolute atomic E-state index is 12.6. The van der Waals surface area contributed by atoms with E-state index in [9.17, 15) is 4.39 Å². The van der Waals surface area contributed by atoms with Gasteiger partial charge in [-0.15, -0.1) is 0 Å². The molecule has 0 aliphatic heterocycles. The third kappa shape index (κ3) is 4.25. The smallest absolute Gasteiger partial charge is 0.141 e. The number of hydrogen-bond acceptors (Lipinski definition) is 3. The number of aromatic nitrogens is 1. The molecule has 1 aromatic rings. The Bertz CT molecular complexity index is 276. The molecule has 1 rings (SSSR count). The lowest BCUT2D eigenvalue weighted by atomic mass is 10.2. The Kier molecular flexibility index (Phi) is 5.04. The van der Waals surface area contributed by atoms with Crippen molar-refractivity contribution in [1.29, 1.82) is 0 Å². The number of unbranched alkanes of at least 4 members (excludes halogenated alkanes) is 2. The predicted octanol–water partition coefficient (Wildman–Crippen LogP) is 1.82. The molecule has 0 aliphatic rings. The van der Waals surface area contributed by atoms with Crippen molar-refractivity contribution in [2.45, 2.75) is 19.3 Å². The number of aliphatic hydroxyl groups is 1. The van der Waals surface area contributed by atoms with E-state index in [0.717, 1.165) is 31.6 Å². The normalized spacial score (nSPS) is 10.3. The Morgan fingerprint density at radius 1 is 1.33 bits per heavy atom. The van der Waals surface area contributed by atoms with E-state index >= 15 is 0 Å². The van der Waals surface area contributed by atoms with Gasteiger partial charge in [0.15, 0.2) is 0 Å². The van der Waals surface area contributed by atoms with E-state index in [1.54, 1.807) is 6.07 Å². The van der Waals surface area contributed by atoms with Crippen LogP contribution < -0.4 is 4.90 Å². The molecule has 0 unspecified atom stereocenters. The van der Waals surface area contributed by atoms with Gasteiger partial charge in [-0.1, -0.05) is 0 Å². The molecule has 1 aromatic heterocycles. The molecule has 0 amide bonds. The Morgan fingerprint density at radius 2 is 2.13 bits per heavy atom. The highest BCUT2D eigenvalue weighted by atomic mass is 19.1. The van der Waals surface area contributed by atoms with E-state index in [4.69, 9.17) is 5.11 Å². The van der Waals surface area contributed by atoms with Crippen molar-refractivity contribution in [3.8, 4) is 0 Å². The number of anilines is 1. The zero-order valence-corrected chi connectivity index (χ0v) is 8.99. The molecule has 0 radical (unpaired) electrons. The standard InChI is InChI=1S/C11H17FN2O/c1-14(7-3-2-4-8-15)11-6-5-10(12)9-13-11/h5-6,9,15H,2-4,7-8H2,1H3. The van der Waals surface area contributed by atoms with E-state index in [2.05, 4.69) is 4.98 Å². The van der Waals surface area contributed by atoms with Gasteiger partial charge in [0.05, 0.1) is 6.20 Å². The summed E-state index contributed by atoms with van der Waals surface area (Å²) in [7, 11) is 1.93. The van der Waals surface area contributed by atoms with Crippen molar-refractivity contribution in [3.63, 3.8) is 0 Å². The Balaban J connectivity index is 2.33. The summed E-state index contributed by atoms with van der Waals surface area (Å²) in [6.07, 6.45) is 4.07. The molecule has 3 nitrogen and oxygen atoms in total. The molecule has 0 aliphatic carbocycles. The summed E-state index contributed by atoms with van der Waals surface area (Å²) in [5.74, 6) is 0.466. The topological polar surface area (TPSA) is 36.4 Å². The average Bonchev–Trinajstić information content (AvgIpc) is 2.25. The van der Waals surface area contributed by atoms with Gasteiger partial charge < -0.3 is 10.0 Å². The van der Waals surface area contributed by atoms with Crippen molar-refractivity contribution in [3.05, 3.63) is 24.1 Å². The summed E-state index contributed by atoms with van der Waals surface area (Å²) in [5.41, 5.74) is 0. The van der Waals surface area contributed by atoms with Crippen LogP contribution in [-0.2, 0) is 0 Å². The van der Waals surface area contributed by atoms with Crippen LogP contribution in [0, 0.1) is 5.82 Å². The summed E-state index contributed by atoms with van der Waals surface area (Å²) >= 11 is 0. The molecule has 0 saturated carbocycles. The molecule has 0 bridgehead atoms. The highest BCUT2D eigenvalue weighted by Crippen LogP contribution is 2.09. The van der Waals surface area contributed by atoms with Crippen molar-refractivity contribution in [2.24, 2.45) is 0 Å². The zero-order chi connectivity index (χ0) is 11.1. The largest absolute Gasteiger partial charge is 0.396 e. The molecular formula is C11H17FN2O. The lowest BCUT2D eigenvalue weighted by Crippen LogP contribution is -2.19. The van der Waals surface area contributed by atoms with Crippen molar-refractivity contribution < 1.29 is 9.50 Å². The highest BCUT2D eigenvalue weighted by molar-refractivity contribution is 5.36. The van der Waals surface area contributed by atoms with Gasteiger partial charge in [0.1, 0.15) is 11.6 Å². The molecule has 0 saturated heterocycles. The van der Waals surface area contributed by atoms with Crippen LogP contribution in [0.2, 0.25) is 0 Å². The Hall–Kier alpha value is -1.16. The maximum Gasteiger partial charge on any atom is 0.141 e. The second-order valence-electron chi connectivity index (χ2n) is 3.54. The summed E-state index contributed by atoms with van der Waals surface area (Å²) in [5, 5.41) is 8.61. The molecule has 1 N–H and O–H groups in total. The van der Waals surface area contributed by atoms with Crippen LogP contribution in [0.5, 0.6) is 0 Å². The predicted molar refractivity (Wildman–Crippen MR) is 58.4 cm³/mol. The van der Waals surface area contributed by atoms with E-state index in [1.807, 2.05) is 11.9 Å². The van der Waals surface area contributed by atoms with E-state index in [0.29, 0.717) is 0 Å². The summed E-state index contributed by atoms with van der Waals surface area (Å²) in [6.45, 7) is 1.12. The second kappa shape index (κ2) is 6.35. The number of nitrogens with zero attached hydrogens (tertiary/aromatic N) is 2. The molecule has 84 valence electrons. The van der Waals surface area contributed by atoms with Crippen LogP contribution in [-0.4, -0.2) is 30.3 Å². The Labute approximate surface area is 89.6 Å². The summed E-state index contributed by atoms with van der Waals surface area (Å²) in [4.78, 5) is 5.96. The first kappa shape index (κ1) is 11.9. The molecule has 1 heterocycles. The van der Waals surface area contributed by atoms with Crippen LogP contribution in [0.4, 0.5) is 10.2 Å². The fraction of sp³-hybridized carbons (Fsp3) is 0.545. The fourth-order valence-corrected chi connectivity index (χ4v) is 1.35. The van der Waals surface area contributed by atoms with Crippen LogP contribution in [0.25, 0.3) is 0 Å². The summed E-state index contributed by atoms with van der Waals surface area (Å²) in [6, 6.07) is 3.08. The number of rotatable bonds is 6. The van der Waals surface area contributed by atoms with Gasteiger partial charge in [-0.2, -0.15) is 0 Å². The molecule has 4 heteroatoms. The van der Waals surface area contributed by atoms with Gasteiger partial charge in [0.2, 0.25) is 0 Å². The first-order chi connectivity index (χ1) is 7.24. The van der Waals surface area contributed by atoms with Crippen LogP contribution >= 0.6 is 0 Å². The van der Waals surface area contributed by atoms with Crippen LogP contribution in [0.1, 0.15) is 19.3 Å². The van der Waals surface area contributed by atoms with Gasteiger partial charge in [-0.05, 0) is 31.4 Å². The monoisotopic (exact) mass is 212 g/mol. The SMILES string of the molecule is CN(CCCCCO)c1ccc(F)cn1. The van der Waals surface area contributed by atoms with Crippen LogP contribution in [0.3, 0.4) is 0 Å². The minimum Gasteiger partial charge on any atom is -0.396 e. The quantitative estimate of drug-likeness (QED) is 0.731. The number of halogens is 1. The minimum absolute atomic E-state index is 0.249. The fourth-order valence-electron chi connectivity index (χ4n) is 1.35. The van der Waals surface area contributed by atoms with Gasteiger partial charge in [-0.3, -0.25) is 0 Å². The van der Waals surface area contributed by atoms with Crippen molar-refractivity contribution in [1.82, 2.24) is 4.98 Å². The summed E-state index contributed by atoms with van der Waals surface area (Å²) < 4.78 is 12.6. The zero-order valence-electron chi connectivity index (χ0n) is 8.99. The molecule has 15 heavy (non-hydrogen) atoms. The third-order valence-corrected chi connectivity index (χ3v) is 2.25. The first-order valence-electron chi connectivity index (χ1n) is 5.17. The highest BCUT2D eigenvalue weighted by Gasteiger charge is 2.01. The lowest BCUT2D eigenvalue weighted by Gasteiger charge is -2.17. The van der Waals surface area contributed by atoms with Crippen molar-refractivity contribution in [2.75, 3.05) is 25.1 Å². The van der Waals surface area contributed by atoms with Crippen molar-refractivity contribution >= 4 is 5.82 Å². The molecule has 0 aromatic carbocycles. The van der Waals surface area contributed by atoms with E-state index < -0.39 is 0 Å². The lowest BCUT2D eigenvalue weighted by molar-refractivity contribution is 0.283. The average molecular weight is 212 g/mol. The second-order valence-corrected chi connectivity index (χ2v) is 3.54. The van der Waals surface area contributed by atoms with Gasteiger partial charge >= 0.3 is 0 Å². The van der Waals surface area contributed by atoms with E-state index in [-0.39, 0.29) is 12.4 Å². The molecule has 0 atom stereocenters. The number of hydrogen-bond donors (Lipinski definition) is 1. The van der Waals surface area contributed by atoms with Gasteiger partial charge in [0.25, 0.3) is 0 Å². The first-order valence-corrected chi connectivity index (χ1v) is 5.17. The van der Waals surface area contributed by atoms with E-state index in [1.165, 1.54) is 12.3 Å². The third-order valence-electron chi connectivity index (χ3n) is 2.25. The Morgan fingerprint density at radius 3 is 2.73 bits per heavy atom. The molecule has 0 spiro atoms. The number of pyridine rings is 1. The minimum atomic E-state index is -0.313. The molecule has 0 fully saturated rings. The van der Waals surface area contributed by atoms with Gasteiger partial charge in [0, 0.05) is 20.2 Å². The van der Waals surface area contributed by atoms with Gasteiger partial charge in [-0.25, -0.2) is 9.37 Å². The number of aliphatic hydroxyl groups excluding tert-OH is 1.